The number of hydrogen-bond donors (Lipinski definition) is 0. The molecule has 0 N–H and O–H groups in total. The van der Waals surface area contributed by atoms with E-state index < -0.39 is 0 Å². The van der Waals surface area contributed by atoms with Crippen molar-refractivity contribution in [1.82, 2.24) is 0 Å². The summed E-state index contributed by atoms with van der Waals surface area (Å²) in [5, 5.41) is 0. The van der Waals surface area contributed by atoms with E-state index in [1.54, 1.807) is 6.92 Å². The third kappa shape index (κ3) is 2.65. The molecule has 1 aliphatic rings. The highest BCUT2D eigenvalue weighted by Gasteiger charge is 2.04. The van der Waals surface area contributed by atoms with Gasteiger partial charge in [0, 0.05) is 6.42 Å². The molecule has 66 valence electrons. The minimum Gasteiger partial charge on any atom is -0.300 e. The summed E-state index contributed by atoms with van der Waals surface area (Å²) in [5.41, 5.74) is 2.74. The maximum absolute atomic E-state index is 10.7. The Hall–Kier alpha value is -0.850. The van der Waals surface area contributed by atoms with Gasteiger partial charge in [0.2, 0.25) is 0 Å². The Morgan fingerprint density at radius 2 is 2.08 bits per heavy atom. The molecule has 1 heteroatoms. The van der Waals surface area contributed by atoms with Gasteiger partial charge in [0.1, 0.15) is 5.78 Å². The number of ketones is 1. The Balaban J connectivity index is 2.46. The van der Waals surface area contributed by atoms with E-state index >= 15 is 0 Å². The van der Waals surface area contributed by atoms with Gasteiger partial charge in [0.25, 0.3) is 0 Å². The van der Waals surface area contributed by atoms with E-state index in [-0.39, 0.29) is 5.78 Å². The van der Waals surface area contributed by atoms with Crippen LogP contribution in [0.3, 0.4) is 0 Å². The monoisotopic (exact) mass is 164 g/mol. The van der Waals surface area contributed by atoms with Gasteiger partial charge in [-0.25, -0.2) is 0 Å². The lowest BCUT2D eigenvalue weighted by Crippen LogP contribution is -1.96. The fourth-order valence-electron chi connectivity index (χ4n) is 1.46. The zero-order valence-electron chi connectivity index (χ0n) is 7.89. The molecule has 0 saturated carbocycles. The molecule has 0 aromatic heterocycles. The number of allylic oxidation sites excluding steroid dienone is 4. The van der Waals surface area contributed by atoms with Crippen LogP contribution in [0, 0.1) is 0 Å². The Kier molecular flexibility index (Phi) is 3.27. The second-order valence-corrected chi connectivity index (χ2v) is 3.40. The fraction of sp³-hybridized carbons (Fsp3) is 0.545. The summed E-state index contributed by atoms with van der Waals surface area (Å²) in [7, 11) is 0. The van der Waals surface area contributed by atoms with Gasteiger partial charge < -0.3 is 4.79 Å². The molecule has 0 unspecified atom stereocenters. The average molecular weight is 164 g/mol. The van der Waals surface area contributed by atoms with Gasteiger partial charge in [-0.1, -0.05) is 17.7 Å². The molecule has 0 radical (unpaired) electrons. The van der Waals surface area contributed by atoms with Gasteiger partial charge >= 0.3 is 0 Å². The van der Waals surface area contributed by atoms with Gasteiger partial charge in [0.05, 0.1) is 0 Å². The maximum atomic E-state index is 10.7. The Labute approximate surface area is 74.2 Å². The predicted octanol–water partition coefficient (Wildman–Crippen LogP) is 3.02. The Morgan fingerprint density at radius 3 is 2.67 bits per heavy atom. The predicted molar refractivity (Wildman–Crippen MR) is 51.0 cm³/mol. The van der Waals surface area contributed by atoms with Crippen LogP contribution in [0.25, 0.3) is 0 Å². The first-order valence-electron chi connectivity index (χ1n) is 4.56. The SMILES string of the molecule is CC(=O)CCC1=CCCC=C1C. The molecule has 1 nitrogen and oxygen atoms in total. The molecule has 12 heavy (non-hydrogen) atoms. The van der Waals surface area contributed by atoms with Crippen molar-refractivity contribution in [3.8, 4) is 0 Å². The van der Waals surface area contributed by atoms with Crippen LogP contribution in [0.5, 0.6) is 0 Å². The van der Waals surface area contributed by atoms with Crippen LogP contribution >= 0.6 is 0 Å². The highest BCUT2D eigenvalue weighted by Crippen LogP contribution is 2.22. The van der Waals surface area contributed by atoms with Crippen molar-refractivity contribution in [3.63, 3.8) is 0 Å². The lowest BCUT2D eigenvalue weighted by Gasteiger charge is -2.11. The van der Waals surface area contributed by atoms with Crippen LogP contribution in [0.1, 0.15) is 39.5 Å². The first kappa shape index (κ1) is 9.24. The number of hydrogen-bond acceptors (Lipinski definition) is 1. The van der Waals surface area contributed by atoms with E-state index in [1.807, 2.05) is 0 Å². The second kappa shape index (κ2) is 4.24. The summed E-state index contributed by atoms with van der Waals surface area (Å²) in [6.45, 7) is 3.79. The molecular weight excluding hydrogens is 148 g/mol. The summed E-state index contributed by atoms with van der Waals surface area (Å²) in [6, 6.07) is 0. The van der Waals surface area contributed by atoms with Crippen LogP contribution in [-0.4, -0.2) is 5.78 Å². The molecule has 0 bridgehead atoms. The molecule has 1 aliphatic carbocycles. The largest absolute Gasteiger partial charge is 0.300 e. The summed E-state index contributed by atoms with van der Waals surface area (Å²) in [4.78, 5) is 10.7. The minimum atomic E-state index is 0.286. The molecule has 0 spiro atoms. The van der Waals surface area contributed by atoms with Crippen molar-refractivity contribution in [3.05, 3.63) is 23.3 Å². The van der Waals surface area contributed by atoms with Crippen LogP contribution in [0.4, 0.5) is 0 Å². The van der Waals surface area contributed by atoms with Crippen LogP contribution in [-0.2, 0) is 4.79 Å². The molecule has 0 aromatic rings. The molecule has 0 aliphatic heterocycles. The van der Waals surface area contributed by atoms with Crippen molar-refractivity contribution in [2.45, 2.75) is 39.5 Å². The first-order valence-corrected chi connectivity index (χ1v) is 4.56. The number of carbonyl (C=O) groups excluding carboxylic acids is 1. The van der Waals surface area contributed by atoms with Gasteiger partial charge in [0.15, 0.2) is 0 Å². The van der Waals surface area contributed by atoms with Crippen molar-refractivity contribution >= 4 is 5.78 Å². The van der Waals surface area contributed by atoms with Crippen molar-refractivity contribution in [2.75, 3.05) is 0 Å². The quantitative estimate of drug-likeness (QED) is 0.626. The standard InChI is InChI=1S/C11H16O/c1-9-5-3-4-6-11(9)8-7-10(2)12/h5-6H,3-4,7-8H2,1-2H3. The molecular formula is C11H16O. The summed E-state index contributed by atoms with van der Waals surface area (Å²) in [6.07, 6.45) is 8.45. The molecule has 0 heterocycles. The topological polar surface area (TPSA) is 17.1 Å². The molecule has 0 saturated heterocycles. The third-order valence-corrected chi connectivity index (χ3v) is 2.26. The zero-order valence-corrected chi connectivity index (χ0v) is 7.89. The average Bonchev–Trinajstić information content (AvgIpc) is 2.03. The summed E-state index contributed by atoms with van der Waals surface area (Å²) < 4.78 is 0. The van der Waals surface area contributed by atoms with E-state index in [0.717, 1.165) is 19.3 Å². The lowest BCUT2D eigenvalue weighted by molar-refractivity contribution is -0.116. The van der Waals surface area contributed by atoms with E-state index in [2.05, 4.69) is 19.1 Å². The number of Topliss-reactive ketones (excluding diaryl/α,β-unsaturated/α-hetero) is 1. The number of carbonyl (C=O) groups is 1. The van der Waals surface area contributed by atoms with Gasteiger partial charge in [-0.05, 0) is 38.7 Å². The molecule has 1 rings (SSSR count). The first-order chi connectivity index (χ1) is 5.70. The van der Waals surface area contributed by atoms with Crippen LogP contribution < -0.4 is 0 Å². The summed E-state index contributed by atoms with van der Waals surface area (Å²) >= 11 is 0. The molecule has 0 aromatic carbocycles. The smallest absolute Gasteiger partial charge is 0.130 e. The second-order valence-electron chi connectivity index (χ2n) is 3.40. The van der Waals surface area contributed by atoms with Gasteiger partial charge in [-0.2, -0.15) is 0 Å². The highest BCUT2D eigenvalue weighted by molar-refractivity contribution is 5.75. The van der Waals surface area contributed by atoms with E-state index in [4.69, 9.17) is 0 Å². The van der Waals surface area contributed by atoms with E-state index in [0.29, 0.717) is 6.42 Å². The normalized spacial score (nSPS) is 16.8. The zero-order chi connectivity index (χ0) is 8.97. The molecule has 0 amide bonds. The number of rotatable bonds is 3. The Morgan fingerprint density at radius 1 is 1.42 bits per heavy atom. The van der Waals surface area contributed by atoms with E-state index in [9.17, 15) is 4.79 Å². The molecule has 0 atom stereocenters. The van der Waals surface area contributed by atoms with Crippen LogP contribution in [0.2, 0.25) is 0 Å². The molecule has 0 fully saturated rings. The Bertz CT molecular complexity index is 233. The lowest BCUT2D eigenvalue weighted by atomic mass is 9.95. The van der Waals surface area contributed by atoms with E-state index in [1.165, 1.54) is 11.1 Å². The third-order valence-electron chi connectivity index (χ3n) is 2.26. The van der Waals surface area contributed by atoms with Crippen LogP contribution in [0.15, 0.2) is 23.3 Å². The van der Waals surface area contributed by atoms with Gasteiger partial charge in [-0.15, -0.1) is 0 Å². The van der Waals surface area contributed by atoms with Crippen molar-refractivity contribution in [2.24, 2.45) is 0 Å². The summed E-state index contributed by atoms with van der Waals surface area (Å²) in [5.74, 6) is 0.286. The fourth-order valence-corrected chi connectivity index (χ4v) is 1.46. The van der Waals surface area contributed by atoms with Crippen molar-refractivity contribution in [1.29, 1.82) is 0 Å². The maximum Gasteiger partial charge on any atom is 0.130 e. The van der Waals surface area contributed by atoms with Gasteiger partial charge in [-0.3, -0.25) is 0 Å². The minimum absolute atomic E-state index is 0.286. The van der Waals surface area contributed by atoms with Crippen molar-refractivity contribution < 1.29 is 4.79 Å². The highest BCUT2D eigenvalue weighted by atomic mass is 16.1.